The predicted molar refractivity (Wildman–Crippen MR) is 86.4 cm³/mol. The normalized spacial score (nSPS) is 18.2. The quantitative estimate of drug-likeness (QED) is 0.908. The van der Waals surface area contributed by atoms with Crippen LogP contribution in [0.4, 0.5) is 10.5 Å². The molecule has 1 aromatic heterocycles. The summed E-state index contributed by atoms with van der Waals surface area (Å²) in [6.45, 7) is 4.15. The highest BCUT2D eigenvalue weighted by Gasteiger charge is 2.38. The molecule has 2 aromatic rings. The molecule has 122 valence electrons. The molecular weight excluding hydrogens is 294 g/mol. The summed E-state index contributed by atoms with van der Waals surface area (Å²) in [4.78, 5) is 14.2. The number of amides is 2. The Kier molecular flexibility index (Phi) is 4.04. The number of benzene rings is 1. The number of hydrogen-bond acceptors (Lipinski definition) is 4. The summed E-state index contributed by atoms with van der Waals surface area (Å²) in [6.07, 6.45) is 5.06. The lowest BCUT2D eigenvalue weighted by Gasteiger charge is -2.33. The first kappa shape index (κ1) is 15.5. The minimum absolute atomic E-state index is 0.166. The Balaban J connectivity index is 1.74. The predicted octanol–water partition coefficient (Wildman–Crippen LogP) is 2.03. The molecule has 1 aliphatic heterocycles. The zero-order valence-corrected chi connectivity index (χ0v) is 13.3. The van der Waals surface area contributed by atoms with Crippen LogP contribution < -0.4 is 5.32 Å². The molecule has 1 saturated heterocycles. The van der Waals surface area contributed by atoms with Crippen LogP contribution in [0.2, 0.25) is 0 Å². The summed E-state index contributed by atoms with van der Waals surface area (Å²) in [5, 5.41) is 20.9. The maximum absolute atomic E-state index is 12.5. The molecule has 2 amide bonds. The average molecular weight is 315 g/mol. The van der Waals surface area contributed by atoms with Crippen LogP contribution in [0, 0.1) is 0 Å². The van der Waals surface area contributed by atoms with Gasteiger partial charge < -0.3 is 15.3 Å². The van der Waals surface area contributed by atoms with Gasteiger partial charge in [-0.15, -0.1) is 5.10 Å². The molecule has 1 aliphatic rings. The van der Waals surface area contributed by atoms with Crippen LogP contribution in [0.5, 0.6) is 0 Å². The van der Waals surface area contributed by atoms with Crippen LogP contribution in [0.15, 0.2) is 36.7 Å². The van der Waals surface area contributed by atoms with E-state index in [0.717, 1.165) is 18.5 Å². The second kappa shape index (κ2) is 6.00. The second-order valence-electron chi connectivity index (χ2n) is 6.33. The average Bonchev–Trinajstić information content (AvgIpc) is 3.18. The maximum Gasteiger partial charge on any atom is 0.322 e. The van der Waals surface area contributed by atoms with Gasteiger partial charge in [0, 0.05) is 12.2 Å². The van der Waals surface area contributed by atoms with Crippen LogP contribution >= 0.6 is 0 Å². The second-order valence-corrected chi connectivity index (χ2v) is 6.33. The Morgan fingerprint density at radius 1 is 1.43 bits per heavy atom. The molecule has 23 heavy (non-hydrogen) atoms. The smallest absolute Gasteiger partial charge is 0.322 e. The maximum atomic E-state index is 12.5. The number of aliphatic hydroxyl groups is 1. The molecule has 3 rings (SSSR count). The summed E-state index contributed by atoms with van der Waals surface area (Å²) in [7, 11) is 0. The highest BCUT2D eigenvalue weighted by molar-refractivity contribution is 5.90. The van der Waals surface area contributed by atoms with Crippen LogP contribution in [-0.4, -0.2) is 49.2 Å². The van der Waals surface area contributed by atoms with Gasteiger partial charge in [-0.3, -0.25) is 0 Å². The topological polar surface area (TPSA) is 83.3 Å². The molecule has 0 aliphatic carbocycles. The van der Waals surface area contributed by atoms with Gasteiger partial charge in [-0.25, -0.2) is 9.48 Å². The van der Waals surface area contributed by atoms with E-state index >= 15 is 0 Å². The van der Waals surface area contributed by atoms with Gasteiger partial charge in [0.1, 0.15) is 0 Å². The highest BCUT2D eigenvalue weighted by Crippen LogP contribution is 2.27. The summed E-state index contributed by atoms with van der Waals surface area (Å²) in [5.74, 6) is 0. The summed E-state index contributed by atoms with van der Waals surface area (Å²) in [5.41, 5.74) is 0.598. The molecule has 2 heterocycles. The fraction of sp³-hybridized carbons (Fsp3) is 0.438. The third-order valence-corrected chi connectivity index (χ3v) is 4.11. The van der Waals surface area contributed by atoms with E-state index in [-0.39, 0.29) is 12.1 Å². The molecule has 2 N–H and O–H groups in total. The summed E-state index contributed by atoms with van der Waals surface area (Å²) < 4.78 is 1.63. The molecule has 0 bridgehead atoms. The van der Waals surface area contributed by atoms with Crippen molar-refractivity contribution in [3.05, 3.63) is 36.7 Å². The first-order valence-corrected chi connectivity index (χ1v) is 7.72. The number of hydrogen-bond donors (Lipinski definition) is 2. The highest BCUT2D eigenvalue weighted by atomic mass is 16.3. The third kappa shape index (κ3) is 3.34. The van der Waals surface area contributed by atoms with Crippen molar-refractivity contribution in [2.75, 3.05) is 11.9 Å². The molecule has 1 unspecified atom stereocenters. The molecule has 0 saturated carbocycles. The number of aromatic nitrogens is 3. The fourth-order valence-electron chi connectivity index (χ4n) is 3.01. The number of anilines is 1. The van der Waals surface area contributed by atoms with Crippen molar-refractivity contribution < 1.29 is 9.90 Å². The number of rotatable bonds is 3. The number of likely N-dealkylation sites (tertiary alicyclic amines) is 1. The minimum Gasteiger partial charge on any atom is -0.388 e. The van der Waals surface area contributed by atoms with E-state index in [2.05, 4.69) is 15.6 Å². The Morgan fingerprint density at radius 3 is 2.96 bits per heavy atom. The first-order valence-electron chi connectivity index (χ1n) is 7.72. The van der Waals surface area contributed by atoms with Crippen molar-refractivity contribution in [2.24, 2.45) is 0 Å². The summed E-state index contributed by atoms with van der Waals surface area (Å²) >= 11 is 0. The van der Waals surface area contributed by atoms with Crippen molar-refractivity contribution in [2.45, 2.75) is 38.3 Å². The van der Waals surface area contributed by atoms with E-state index in [1.807, 2.05) is 24.3 Å². The molecule has 1 fully saturated rings. The number of carbonyl (C=O) groups excluding carboxylic acids is 1. The van der Waals surface area contributed by atoms with Crippen LogP contribution in [0.1, 0.15) is 26.7 Å². The van der Waals surface area contributed by atoms with Gasteiger partial charge in [0.2, 0.25) is 0 Å². The van der Waals surface area contributed by atoms with Crippen LogP contribution in [-0.2, 0) is 0 Å². The van der Waals surface area contributed by atoms with Crippen molar-refractivity contribution in [1.29, 1.82) is 0 Å². The lowest BCUT2D eigenvalue weighted by molar-refractivity contribution is 0.0117. The zero-order valence-electron chi connectivity index (χ0n) is 13.3. The summed E-state index contributed by atoms with van der Waals surface area (Å²) in [6, 6.07) is 7.05. The number of nitrogens with one attached hydrogen (secondary N) is 1. The molecule has 1 aromatic carbocycles. The van der Waals surface area contributed by atoms with Gasteiger partial charge >= 0.3 is 6.03 Å². The van der Waals surface area contributed by atoms with Crippen molar-refractivity contribution in [1.82, 2.24) is 19.9 Å². The molecular formula is C16H21N5O2. The van der Waals surface area contributed by atoms with Crippen molar-refractivity contribution >= 4 is 11.7 Å². The monoisotopic (exact) mass is 315 g/mol. The third-order valence-electron chi connectivity index (χ3n) is 4.11. The minimum atomic E-state index is -0.906. The van der Waals surface area contributed by atoms with E-state index in [4.69, 9.17) is 0 Å². The Hall–Kier alpha value is -2.41. The zero-order chi connectivity index (χ0) is 16.4. The van der Waals surface area contributed by atoms with Crippen molar-refractivity contribution in [3.63, 3.8) is 0 Å². The molecule has 0 radical (unpaired) electrons. The molecule has 7 heteroatoms. The van der Waals surface area contributed by atoms with Gasteiger partial charge in [0.25, 0.3) is 0 Å². The van der Waals surface area contributed by atoms with E-state index in [1.54, 1.807) is 35.8 Å². The SMILES string of the molecule is CC(C)(O)C1CCCN1C(=O)Nc1cccc(-n2ccnn2)c1. The first-order chi connectivity index (χ1) is 10.9. The van der Waals surface area contributed by atoms with E-state index in [0.29, 0.717) is 12.2 Å². The molecule has 0 spiro atoms. The molecule has 7 nitrogen and oxygen atoms in total. The fourth-order valence-corrected chi connectivity index (χ4v) is 3.01. The van der Waals surface area contributed by atoms with E-state index in [1.165, 1.54) is 0 Å². The van der Waals surface area contributed by atoms with Gasteiger partial charge in [-0.1, -0.05) is 11.3 Å². The number of urea groups is 1. The van der Waals surface area contributed by atoms with Crippen molar-refractivity contribution in [3.8, 4) is 5.69 Å². The number of nitrogens with zero attached hydrogens (tertiary/aromatic N) is 4. The Morgan fingerprint density at radius 2 is 2.26 bits per heavy atom. The number of carbonyl (C=O) groups is 1. The van der Waals surface area contributed by atoms with Crippen LogP contribution in [0.3, 0.4) is 0 Å². The Bertz CT molecular complexity index is 678. The van der Waals surface area contributed by atoms with Crippen LogP contribution in [0.25, 0.3) is 5.69 Å². The van der Waals surface area contributed by atoms with Gasteiger partial charge in [0.15, 0.2) is 0 Å². The Labute approximate surface area is 134 Å². The standard InChI is InChI=1S/C16H21N5O2/c1-16(2,23)14-7-4-9-20(14)15(22)18-12-5-3-6-13(11-12)21-10-8-17-19-21/h3,5-6,8,10-11,14,23H,4,7,9H2,1-2H3,(H,18,22). The lowest BCUT2D eigenvalue weighted by atomic mass is 9.97. The molecule has 1 atom stereocenters. The van der Waals surface area contributed by atoms with Gasteiger partial charge in [-0.2, -0.15) is 0 Å². The van der Waals surface area contributed by atoms with E-state index in [9.17, 15) is 9.90 Å². The largest absolute Gasteiger partial charge is 0.388 e. The van der Waals surface area contributed by atoms with Gasteiger partial charge in [-0.05, 0) is 44.9 Å². The van der Waals surface area contributed by atoms with E-state index < -0.39 is 5.60 Å². The lowest BCUT2D eigenvalue weighted by Crippen LogP contribution is -2.49. The van der Waals surface area contributed by atoms with Gasteiger partial charge in [0.05, 0.1) is 29.7 Å².